The molecule has 2 aromatic carbocycles. The van der Waals surface area contributed by atoms with Gasteiger partial charge in [-0.2, -0.15) is 18.4 Å². The van der Waals surface area contributed by atoms with Crippen LogP contribution in [0.15, 0.2) is 54.7 Å². The molecule has 0 spiro atoms. The summed E-state index contributed by atoms with van der Waals surface area (Å²) in [5.41, 5.74) is 3.00. The predicted octanol–water partition coefficient (Wildman–Crippen LogP) is 6.34. The van der Waals surface area contributed by atoms with Crippen molar-refractivity contribution in [2.75, 3.05) is 0 Å². The number of aromatic hydroxyl groups is 1. The van der Waals surface area contributed by atoms with Crippen molar-refractivity contribution >= 4 is 0 Å². The standard InChI is InChI=1S/C27H23F3N2O/c1-19-21(8-5-15-32-19)6-3-2-4-7-24-16-20(18-31)9-10-22(24)11-12-23-13-14-25(33)17-26(23)27(28,29)30/h5,8-10,13-17,33H,2-4,6-7H2,1H3. The number of phenols is 1. The van der Waals surface area contributed by atoms with Gasteiger partial charge < -0.3 is 5.11 Å². The third kappa shape index (κ3) is 6.60. The number of phenolic OH excluding ortho intramolecular Hbond substituents is 1. The Morgan fingerprint density at radius 2 is 1.61 bits per heavy atom. The van der Waals surface area contributed by atoms with Gasteiger partial charge in [0.25, 0.3) is 0 Å². The van der Waals surface area contributed by atoms with E-state index in [9.17, 15) is 23.5 Å². The Hall–Kier alpha value is -3.77. The Morgan fingerprint density at radius 1 is 0.909 bits per heavy atom. The summed E-state index contributed by atoms with van der Waals surface area (Å²) in [4.78, 5) is 4.30. The fraction of sp³-hybridized carbons (Fsp3) is 0.259. The van der Waals surface area contributed by atoms with Gasteiger partial charge in [-0.1, -0.05) is 24.3 Å². The normalized spacial score (nSPS) is 10.9. The van der Waals surface area contributed by atoms with Crippen LogP contribution in [0.4, 0.5) is 13.2 Å². The molecule has 0 bridgehead atoms. The highest BCUT2D eigenvalue weighted by molar-refractivity contribution is 5.53. The molecule has 1 N–H and O–H groups in total. The molecule has 0 fully saturated rings. The summed E-state index contributed by atoms with van der Waals surface area (Å²) >= 11 is 0. The van der Waals surface area contributed by atoms with E-state index in [1.165, 1.54) is 11.6 Å². The fourth-order valence-electron chi connectivity index (χ4n) is 3.59. The monoisotopic (exact) mass is 448 g/mol. The van der Waals surface area contributed by atoms with Gasteiger partial charge in [-0.05, 0) is 86.2 Å². The molecule has 3 rings (SSSR count). The number of nitrogens with zero attached hydrogens (tertiary/aromatic N) is 2. The number of hydrogen-bond acceptors (Lipinski definition) is 3. The fourth-order valence-corrected chi connectivity index (χ4v) is 3.59. The van der Waals surface area contributed by atoms with Crippen LogP contribution in [-0.4, -0.2) is 10.1 Å². The molecule has 0 aliphatic carbocycles. The summed E-state index contributed by atoms with van der Waals surface area (Å²) in [6, 6.07) is 14.2. The molecule has 0 amide bonds. The number of alkyl halides is 3. The number of benzene rings is 2. The number of hydrogen-bond donors (Lipinski definition) is 1. The second-order valence-electron chi connectivity index (χ2n) is 7.77. The molecule has 0 saturated heterocycles. The second kappa shape index (κ2) is 10.7. The molecule has 3 nitrogen and oxygen atoms in total. The predicted molar refractivity (Wildman–Crippen MR) is 120 cm³/mol. The lowest BCUT2D eigenvalue weighted by molar-refractivity contribution is -0.137. The number of halogens is 3. The van der Waals surface area contributed by atoms with Gasteiger partial charge in [0, 0.05) is 23.0 Å². The summed E-state index contributed by atoms with van der Waals surface area (Å²) in [5.74, 6) is 4.97. The van der Waals surface area contributed by atoms with Crippen molar-refractivity contribution in [1.82, 2.24) is 4.98 Å². The van der Waals surface area contributed by atoms with Crippen LogP contribution < -0.4 is 0 Å². The summed E-state index contributed by atoms with van der Waals surface area (Å²) in [7, 11) is 0. The van der Waals surface area contributed by atoms with Crippen LogP contribution in [0.5, 0.6) is 5.75 Å². The van der Waals surface area contributed by atoms with Crippen molar-refractivity contribution in [3.05, 3.63) is 93.8 Å². The van der Waals surface area contributed by atoms with Crippen LogP contribution in [0, 0.1) is 30.1 Å². The van der Waals surface area contributed by atoms with E-state index >= 15 is 0 Å². The highest BCUT2D eigenvalue weighted by Crippen LogP contribution is 2.33. The van der Waals surface area contributed by atoms with Gasteiger partial charge in [0.1, 0.15) is 5.75 Å². The number of aryl methyl sites for hydroxylation is 3. The van der Waals surface area contributed by atoms with Crippen LogP contribution >= 0.6 is 0 Å². The van der Waals surface area contributed by atoms with Gasteiger partial charge in [-0.15, -0.1) is 0 Å². The summed E-state index contributed by atoms with van der Waals surface area (Å²) in [6.45, 7) is 1.99. The van der Waals surface area contributed by atoms with Crippen molar-refractivity contribution in [3.63, 3.8) is 0 Å². The molecule has 168 valence electrons. The first-order valence-electron chi connectivity index (χ1n) is 10.6. The quantitative estimate of drug-likeness (QED) is 0.354. The maximum absolute atomic E-state index is 13.3. The number of pyridine rings is 1. The first kappa shape index (κ1) is 23.9. The lowest BCUT2D eigenvalue weighted by atomic mass is 9.97. The van der Waals surface area contributed by atoms with E-state index in [1.54, 1.807) is 24.4 Å². The summed E-state index contributed by atoms with van der Waals surface area (Å²) in [5, 5.41) is 18.7. The van der Waals surface area contributed by atoms with Crippen LogP contribution in [-0.2, 0) is 19.0 Å². The Kier molecular flexibility index (Phi) is 7.74. The zero-order valence-electron chi connectivity index (χ0n) is 18.2. The zero-order chi connectivity index (χ0) is 23.8. The van der Waals surface area contributed by atoms with Gasteiger partial charge in [0.2, 0.25) is 0 Å². The third-order valence-corrected chi connectivity index (χ3v) is 5.38. The first-order chi connectivity index (χ1) is 15.8. The smallest absolute Gasteiger partial charge is 0.417 e. The van der Waals surface area contributed by atoms with Crippen molar-refractivity contribution in [2.45, 2.75) is 45.2 Å². The van der Waals surface area contributed by atoms with Crippen LogP contribution in [0.2, 0.25) is 0 Å². The van der Waals surface area contributed by atoms with Crippen LogP contribution in [0.25, 0.3) is 0 Å². The van der Waals surface area contributed by atoms with Gasteiger partial charge in [0.05, 0.1) is 17.2 Å². The second-order valence-corrected chi connectivity index (χ2v) is 7.77. The molecule has 1 heterocycles. The molecule has 0 unspecified atom stereocenters. The number of aromatic nitrogens is 1. The minimum atomic E-state index is -4.62. The number of rotatable bonds is 6. The number of unbranched alkanes of at least 4 members (excludes halogenated alkanes) is 2. The third-order valence-electron chi connectivity index (χ3n) is 5.38. The van der Waals surface area contributed by atoms with E-state index in [0.717, 1.165) is 43.0 Å². The summed E-state index contributed by atoms with van der Waals surface area (Å²) < 4.78 is 39.9. The van der Waals surface area contributed by atoms with E-state index in [2.05, 4.69) is 29.0 Å². The lowest BCUT2D eigenvalue weighted by Gasteiger charge is -2.09. The zero-order valence-corrected chi connectivity index (χ0v) is 18.2. The van der Waals surface area contributed by atoms with Crippen molar-refractivity contribution < 1.29 is 18.3 Å². The SMILES string of the molecule is Cc1ncccc1CCCCCc1cc(C#N)ccc1C#Cc1ccc(O)cc1C(F)(F)F. The molecular weight excluding hydrogens is 425 g/mol. The van der Waals surface area contributed by atoms with Crippen molar-refractivity contribution in [1.29, 1.82) is 5.26 Å². The minimum Gasteiger partial charge on any atom is -0.508 e. The molecule has 0 radical (unpaired) electrons. The van der Waals surface area contributed by atoms with E-state index in [4.69, 9.17) is 0 Å². The topological polar surface area (TPSA) is 56.9 Å². The minimum absolute atomic E-state index is 0.206. The lowest BCUT2D eigenvalue weighted by Crippen LogP contribution is -2.07. The molecule has 33 heavy (non-hydrogen) atoms. The van der Waals surface area contributed by atoms with Gasteiger partial charge in [0.15, 0.2) is 0 Å². The van der Waals surface area contributed by atoms with Crippen molar-refractivity contribution in [2.24, 2.45) is 0 Å². The Morgan fingerprint density at radius 3 is 2.30 bits per heavy atom. The molecule has 6 heteroatoms. The molecule has 0 atom stereocenters. The molecular formula is C27H23F3N2O. The van der Waals surface area contributed by atoms with Gasteiger partial charge in [-0.3, -0.25) is 4.98 Å². The Bertz CT molecular complexity index is 1230. The highest BCUT2D eigenvalue weighted by Gasteiger charge is 2.33. The van der Waals surface area contributed by atoms with Crippen LogP contribution in [0.1, 0.15) is 58.3 Å². The van der Waals surface area contributed by atoms with E-state index < -0.39 is 17.5 Å². The largest absolute Gasteiger partial charge is 0.508 e. The van der Waals surface area contributed by atoms with E-state index in [0.29, 0.717) is 23.6 Å². The molecule has 0 aliphatic heterocycles. The van der Waals surface area contributed by atoms with Crippen molar-refractivity contribution in [3.8, 4) is 23.7 Å². The average molecular weight is 448 g/mol. The maximum atomic E-state index is 13.3. The van der Waals surface area contributed by atoms with Gasteiger partial charge in [-0.25, -0.2) is 0 Å². The Balaban J connectivity index is 1.74. The van der Waals surface area contributed by atoms with Crippen LogP contribution in [0.3, 0.4) is 0 Å². The molecule has 3 aromatic rings. The van der Waals surface area contributed by atoms with E-state index in [1.807, 2.05) is 13.0 Å². The highest BCUT2D eigenvalue weighted by atomic mass is 19.4. The summed E-state index contributed by atoms with van der Waals surface area (Å²) in [6.07, 6.45) is 1.60. The first-order valence-corrected chi connectivity index (χ1v) is 10.6. The molecule has 1 aromatic heterocycles. The average Bonchev–Trinajstić information content (AvgIpc) is 2.79. The molecule has 0 aliphatic rings. The molecule has 0 saturated carbocycles. The maximum Gasteiger partial charge on any atom is 0.417 e. The van der Waals surface area contributed by atoms with Gasteiger partial charge >= 0.3 is 6.18 Å². The Labute approximate surface area is 191 Å². The van der Waals surface area contributed by atoms with E-state index in [-0.39, 0.29) is 5.56 Å². The number of nitriles is 1.